The molecule has 5 nitrogen and oxygen atoms in total. The molecular formula is C13H11Cl3N4O. The summed E-state index contributed by atoms with van der Waals surface area (Å²) >= 11 is 17.4. The first-order valence-corrected chi connectivity index (χ1v) is 7.29. The van der Waals surface area contributed by atoms with Crippen LogP contribution in [-0.4, -0.2) is 20.9 Å². The van der Waals surface area contributed by atoms with E-state index in [1.54, 1.807) is 0 Å². The molecule has 110 valence electrons. The first kappa shape index (κ1) is 15.9. The number of anilines is 1. The van der Waals surface area contributed by atoms with Crippen LogP contribution in [0.4, 0.5) is 5.82 Å². The molecule has 0 fully saturated rings. The third-order valence-electron chi connectivity index (χ3n) is 2.48. The minimum atomic E-state index is -0.404. The second kappa shape index (κ2) is 7.02. The highest BCUT2D eigenvalue weighted by Gasteiger charge is 2.11. The molecule has 0 saturated heterocycles. The number of rotatable bonds is 4. The van der Waals surface area contributed by atoms with Crippen molar-refractivity contribution in [3.05, 3.63) is 45.0 Å². The summed E-state index contributed by atoms with van der Waals surface area (Å²) in [6, 6.07) is 4.31. The van der Waals surface area contributed by atoms with Gasteiger partial charge in [-0.1, -0.05) is 41.7 Å². The second-order valence-corrected chi connectivity index (χ2v) is 5.36. The minimum Gasteiger partial charge on any atom is -0.306 e. The Balaban J connectivity index is 2.22. The fourth-order valence-electron chi connectivity index (χ4n) is 1.65. The smallest absolute Gasteiger partial charge is 0.257 e. The molecule has 21 heavy (non-hydrogen) atoms. The lowest BCUT2D eigenvalue weighted by Gasteiger charge is -2.07. The summed E-state index contributed by atoms with van der Waals surface area (Å²) in [4.78, 5) is 24.2. The highest BCUT2D eigenvalue weighted by molar-refractivity contribution is 6.33. The first-order valence-electron chi connectivity index (χ1n) is 6.16. The van der Waals surface area contributed by atoms with E-state index in [0.29, 0.717) is 18.1 Å². The van der Waals surface area contributed by atoms with Crippen molar-refractivity contribution in [1.82, 2.24) is 15.0 Å². The van der Waals surface area contributed by atoms with Crippen molar-refractivity contribution in [2.75, 3.05) is 5.32 Å². The summed E-state index contributed by atoms with van der Waals surface area (Å²) in [6.45, 7) is 2.00. The summed E-state index contributed by atoms with van der Waals surface area (Å²) < 4.78 is 0. The van der Waals surface area contributed by atoms with Crippen molar-refractivity contribution in [3.63, 3.8) is 0 Å². The zero-order chi connectivity index (χ0) is 15.4. The van der Waals surface area contributed by atoms with Crippen molar-refractivity contribution in [2.45, 2.75) is 19.8 Å². The standard InChI is InChI=1S/C13H11Cl3N4O/c1-2-3-11-18-10(16)6-12(19-11)20-13(21)7-4-8(14)17-9(15)5-7/h4-6H,2-3H2,1H3,(H,18,19,20,21). The molecule has 0 bridgehead atoms. The third kappa shape index (κ3) is 4.52. The van der Waals surface area contributed by atoms with Gasteiger partial charge in [-0.15, -0.1) is 0 Å². The molecule has 0 aliphatic carbocycles. The lowest BCUT2D eigenvalue weighted by atomic mass is 10.2. The van der Waals surface area contributed by atoms with Crippen molar-refractivity contribution in [3.8, 4) is 0 Å². The molecule has 8 heteroatoms. The number of nitrogens with zero attached hydrogens (tertiary/aromatic N) is 3. The Labute approximate surface area is 136 Å². The van der Waals surface area contributed by atoms with Crippen LogP contribution in [-0.2, 0) is 6.42 Å². The Morgan fingerprint density at radius 3 is 2.29 bits per heavy atom. The molecule has 1 amide bonds. The molecule has 0 unspecified atom stereocenters. The van der Waals surface area contributed by atoms with Crippen LogP contribution in [0.5, 0.6) is 0 Å². The number of hydrogen-bond donors (Lipinski definition) is 1. The highest BCUT2D eigenvalue weighted by atomic mass is 35.5. The Morgan fingerprint density at radius 2 is 1.67 bits per heavy atom. The number of hydrogen-bond acceptors (Lipinski definition) is 4. The molecule has 0 atom stereocenters. The van der Waals surface area contributed by atoms with Crippen molar-refractivity contribution < 1.29 is 4.79 Å². The fraction of sp³-hybridized carbons (Fsp3) is 0.231. The van der Waals surface area contributed by atoms with Crippen LogP contribution in [0.3, 0.4) is 0 Å². The van der Waals surface area contributed by atoms with Gasteiger partial charge in [0, 0.05) is 18.1 Å². The lowest BCUT2D eigenvalue weighted by molar-refractivity contribution is 0.102. The average Bonchev–Trinajstić information content (AvgIpc) is 2.37. The van der Waals surface area contributed by atoms with Gasteiger partial charge < -0.3 is 5.32 Å². The van der Waals surface area contributed by atoms with Gasteiger partial charge in [0.1, 0.15) is 27.1 Å². The summed E-state index contributed by atoms with van der Waals surface area (Å²) in [6.07, 6.45) is 1.56. The second-order valence-electron chi connectivity index (χ2n) is 4.20. The molecule has 0 saturated carbocycles. The summed E-state index contributed by atoms with van der Waals surface area (Å²) in [5, 5.41) is 3.18. The van der Waals surface area contributed by atoms with Gasteiger partial charge in [-0.3, -0.25) is 4.79 Å². The highest BCUT2D eigenvalue weighted by Crippen LogP contribution is 2.17. The van der Waals surface area contributed by atoms with Crippen LogP contribution in [0.2, 0.25) is 15.5 Å². The number of carbonyl (C=O) groups is 1. The monoisotopic (exact) mass is 344 g/mol. The molecule has 2 rings (SSSR count). The van der Waals surface area contributed by atoms with Gasteiger partial charge in [-0.2, -0.15) is 0 Å². The van der Waals surface area contributed by atoms with E-state index in [0.717, 1.165) is 6.42 Å². The van der Waals surface area contributed by atoms with Crippen molar-refractivity contribution in [1.29, 1.82) is 0 Å². The van der Waals surface area contributed by atoms with E-state index in [2.05, 4.69) is 20.3 Å². The first-order chi connectivity index (χ1) is 9.97. The Bertz CT molecular complexity index is 658. The van der Waals surface area contributed by atoms with Gasteiger partial charge in [0.15, 0.2) is 0 Å². The Hall–Kier alpha value is -1.43. The van der Waals surface area contributed by atoms with Gasteiger partial charge in [0.05, 0.1) is 0 Å². The molecular weight excluding hydrogens is 335 g/mol. The fourth-order valence-corrected chi connectivity index (χ4v) is 2.31. The van der Waals surface area contributed by atoms with Crippen LogP contribution in [0, 0.1) is 0 Å². The van der Waals surface area contributed by atoms with E-state index >= 15 is 0 Å². The maximum absolute atomic E-state index is 12.1. The number of amides is 1. The largest absolute Gasteiger partial charge is 0.306 e. The van der Waals surface area contributed by atoms with E-state index in [4.69, 9.17) is 34.8 Å². The molecule has 0 aromatic carbocycles. The van der Waals surface area contributed by atoms with Gasteiger partial charge in [-0.25, -0.2) is 15.0 Å². The number of aromatic nitrogens is 3. The van der Waals surface area contributed by atoms with Crippen LogP contribution in [0.25, 0.3) is 0 Å². The SMILES string of the molecule is CCCc1nc(Cl)cc(NC(=O)c2cc(Cl)nc(Cl)c2)n1. The van der Waals surface area contributed by atoms with Gasteiger partial charge in [0.25, 0.3) is 5.91 Å². The van der Waals surface area contributed by atoms with Crippen LogP contribution in [0.1, 0.15) is 29.5 Å². The van der Waals surface area contributed by atoms with Gasteiger partial charge >= 0.3 is 0 Å². The Morgan fingerprint density at radius 1 is 1.05 bits per heavy atom. The van der Waals surface area contributed by atoms with E-state index in [1.165, 1.54) is 18.2 Å². The molecule has 2 aromatic rings. The molecule has 0 aliphatic heterocycles. The predicted octanol–water partition coefficient (Wildman–Crippen LogP) is 4.04. The zero-order valence-corrected chi connectivity index (χ0v) is 13.3. The minimum absolute atomic E-state index is 0.139. The van der Waals surface area contributed by atoms with E-state index < -0.39 is 5.91 Å². The van der Waals surface area contributed by atoms with E-state index in [-0.39, 0.29) is 21.0 Å². The number of pyridine rings is 1. The zero-order valence-electron chi connectivity index (χ0n) is 11.0. The van der Waals surface area contributed by atoms with Gasteiger partial charge in [-0.05, 0) is 18.6 Å². The number of aryl methyl sites for hydroxylation is 1. The normalized spacial score (nSPS) is 10.5. The lowest BCUT2D eigenvalue weighted by Crippen LogP contribution is -2.14. The quantitative estimate of drug-likeness (QED) is 0.671. The summed E-state index contributed by atoms with van der Waals surface area (Å²) in [5.74, 6) is 0.497. The Kier molecular flexibility index (Phi) is 5.33. The van der Waals surface area contributed by atoms with Crippen molar-refractivity contribution in [2.24, 2.45) is 0 Å². The number of halogens is 3. The maximum Gasteiger partial charge on any atom is 0.257 e. The molecule has 0 aliphatic rings. The van der Waals surface area contributed by atoms with Crippen molar-refractivity contribution >= 4 is 46.5 Å². The van der Waals surface area contributed by atoms with E-state index in [1.807, 2.05) is 6.92 Å². The molecule has 1 N–H and O–H groups in total. The molecule has 2 heterocycles. The molecule has 0 radical (unpaired) electrons. The van der Waals surface area contributed by atoms with Crippen LogP contribution >= 0.6 is 34.8 Å². The topological polar surface area (TPSA) is 67.8 Å². The predicted molar refractivity (Wildman–Crippen MR) is 83.2 cm³/mol. The van der Waals surface area contributed by atoms with Gasteiger partial charge in [0.2, 0.25) is 0 Å². The van der Waals surface area contributed by atoms with E-state index in [9.17, 15) is 4.79 Å². The molecule has 0 spiro atoms. The summed E-state index contributed by atoms with van der Waals surface area (Å²) in [7, 11) is 0. The average molecular weight is 346 g/mol. The molecule has 2 aromatic heterocycles. The summed E-state index contributed by atoms with van der Waals surface area (Å²) in [5.41, 5.74) is 0.284. The number of nitrogens with one attached hydrogen (secondary N) is 1. The van der Waals surface area contributed by atoms with Crippen LogP contribution < -0.4 is 5.32 Å². The number of carbonyl (C=O) groups excluding carboxylic acids is 1. The van der Waals surface area contributed by atoms with Crippen LogP contribution in [0.15, 0.2) is 18.2 Å². The third-order valence-corrected chi connectivity index (χ3v) is 3.06. The maximum atomic E-state index is 12.1.